The van der Waals surface area contributed by atoms with Gasteiger partial charge in [-0.15, -0.1) is 0 Å². The average molecular weight is 347 g/mol. The third-order valence-electron chi connectivity index (χ3n) is 3.46. The highest BCUT2D eigenvalue weighted by atomic mass is 32.2. The molecule has 0 radical (unpaired) electrons. The Morgan fingerprint density at radius 2 is 1.62 bits per heavy atom. The highest BCUT2D eigenvalue weighted by molar-refractivity contribution is 7.89. The molecule has 5 nitrogen and oxygen atoms in total. The van der Waals surface area contributed by atoms with E-state index in [1.807, 2.05) is 24.3 Å². The smallest absolute Gasteiger partial charge is 0.243 e. The van der Waals surface area contributed by atoms with Gasteiger partial charge in [0.25, 0.3) is 0 Å². The monoisotopic (exact) mass is 347 g/mol. The Labute approximate surface area is 143 Å². The minimum Gasteiger partial charge on any atom is -0.497 e. The van der Waals surface area contributed by atoms with E-state index in [1.54, 1.807) is 25.3 Å². The van der Waals surface area contributed by atoms with Gasteiger partial charge in [-0.2, -0.15) is 4.31 Å². The molecule has 0 aliphatic rings. The molecule has 0 spiro atoms. The van der Waals surface area contributed by atoms with Crippen molar-refractivity contribution in [2.24, 2.45) is 0 Å². The number of nitrogens with zero attached hydrogens (tertiary/aromatic N) is 1. The molecule has 0 saturated heterocycles. The molecule has 0 fully saturated rings. The lowest BCUT2D eigenvalue weighted by molar-refractivity contribution is 0.363. The van der Waals surface area contributed by atoms with Crippen LogP contribution in [0, 0.1) is 0 Å². The Balaban J connectivity index is 2.09. The van der Waals surface area contributed by atoms with E-state index in [-0.39, 0.29) is 11.4 Å². The molecule has 0 unspecified atom stereocenters. The van der Waals surface area contributed by atoms with Crippen LogP contribution in [0.3, 0.4) is 0 Å². The van der Waals surface area contributed by atoms with Crippen LogP contribution in [-0.4, -0.2) is 33.5 Å². The number of hydrogen-bond donors (Lipinski definition) is 0. The van der Waals surface area contributed by atoms with Crippen LogP contribution >= 0.6 is 0 Å². The van der Waals surface area contributed by atoms with Gasteiger partial charge < -0.3 is 9.47 Å². The highest BCUT2D eigenvalue weighted by Crippen LogP contribution is 2.21. The van der Waals surface area contributed by atoms with Crippen molar-refractivity contribution in [2.75, 3.05) is 20.8 Å². The van der Waals surface area contributed by atoms with Crippen molar-refractivity contribution in [3.63, 3.8) is 0 Å². The Kier molecular flexibility index (Phi) is 6.00. The lowest BCUT2D eigenvalue weighted by atomic mass is 10.2. The van der Waals surface area contributed by atoms with Crippen LogP contribution in [0.15, 0.2) is 66.1 Å². The van der Waals surface area contributed by atoms with Gasteiger partial charge in [0.05, 0.1) is 12.0 Å². The topological polar surface area (TPSA) is 55.8 Å². The molecular formula is C18H21NO4S. The molecule has 0 aromatic heterocycles. The van der Waals surface area contributed by atoms with Crippen LogP contribution in [0.4, 0.5) is 0 Å². The molecule has 0 saturated carbocycles. The molecule has 2 aromatic rings. The molecule has 0 aliphatic carbocycles. The fourth-order valence-corrected chi connectivity index (χ4v) is 3.27. The number of hydrogen-bond acceptors (Lipinski definition) is 4. The van der Waals surface area contributed by atoms with Crippen molar-refractivity contribution in [1.29, 1.82) is 0 Å². The summed E-state index contributed by atoms with van der Waals surface area (Å²) in [5, 5.41) is 0. The minimum absolute atomic E-state index is 0.233. The van der Waals surface area contributed by atoms with Crippen LogP contribution in [0.5, 0.6) is 11.5 Å². The molecule has 2 aromatic carbocycles. The standard InChI is InChI=1S/C18H21NO4S/c1-4-13-23-17-7-5-15(6-8-17)14-19(2)24(20,21)18-11-9-16(22-3)10-12-18/h4-12H,1,13-14H2,2-3H3. The fourth-order valence-electron chi connectivity index (χ4n) is 2.12. The molecule has 0 N–H and O–H groups in total. The molecule has 0 heterocycles. The SMILES string of the molecule is C=CCOc1ccc(CN(C)S(=O)(=O)c2ccc(OC)cc2)cc1. The third kappa shape index (κ3) is 4.37. The normalized spacial score (nSPS) is 11.3. The summed E-state index contributed by atoms with van der Waals surface area (Å²) in [5.41, 5.74) is 0.875. The molecule has 0 bridgehead atoms. The predicted octanol–water partition coefficient (Wildman–Crippen LogP) is 3.08. The summed E-state index contributed by atoms with van der Waals surface area (Å²) in [5.74, 6) is 1.34. The number of sulfonamides is 1. The summed E-state index contributed by atoms with van der Waals surface area (Å²) in [6, 6.07) is 13.7. The largest absolute Gasteiger partial charge is 0.497 e. The van der Waals surface area contributed by atoms with Gasteiger partial charge in [-0.1, -0.05) is 24.8 Å². The van der Waals surface area contributed by atoms with Crippen LogP contribution in [0.2, 0.25) is 0 Å². The first kappa shape index (κ1) is 18.0. The van der Waals surface area contributed by atoms with Gasteiger partial charge in [0.1, 0.15) is 18.1 Å². The molecule has 128 valence electrons. The van der Waals surface area contributed by atoms with Crippen LogP contribution in [0.25, 0.3) is 0 Å². The molecule has 2 rings (SSSR count). The second kappa shape index (κ2) is 7.99. The van der Waals surface area contributed by atoms with Crippen molar-refractivity contribution in [1.82, 2.24) is 4.31 Å². The molecule has 0 aliphatic heterocycles. The van der Waals surface area contributed by atoms with Crippen molar-refractivity contribution < 1.29 is 17.9 Å². The van der Waals surface area contributed by atoms with E-state index < -0.39 is 10.0 Å². The Morgan fingerprint density at radius 1 is 1.04 bits per heavy atom. The van der Waals surface area contributed by atoms with E-state index in [0.717, 1.165) is 11.3 Å². The van der Waals surface area contributed by atoms with Crippen molar-refractivity contribution in [3.8, 4) is 11.5 Å². The molecular weight excluding hydrogens is 326 g/mol. The minimum atomic E-state index is -3.55. The third-order valence-corrected chi connectivity index (χ3v) is 5.28. The van der Waals surface area contributed by atoms with Gasteiger partial charge in [0.15, 0.2) is 0 Å². The highest BCUT2D eigenvalue weighted by Gasteiger charge is 2.20. The average Bonchev–Trinajstić information content (AvgIpc) is 2.61. The summed E-state index contributed by atoms with van der Waals surface area (Å²) < 4.78 is 37.0. The Bertz CT molecular complexity index is 768. The van der Waals surface area contributed by atoms with Gasteiger partial charge in [-0.3, -0.25) is 0 Å². The van der Waals surface area contributed by atoms with E-state index in [9.17, 15) is 8.42 Å². The summed E-state index contributed by atoms with van der Waals surface area (Å²) in [6.07, 6.45) is 1.67. The van der Waals surface area contributed by atoms with E-state index in [1.165, 1.54) is 23.5 Å². The first-order valence-corrected chi connectivity index (χ1v) is 8.84. The summed E-state index contributed by atoms with van der Waals surface area (Å²) in [6.45, 7) is 4.30. The van der Waals surface area contributed by atoms with Crippen LogP contribution in [0.1, 0.15) is 5.56 Å². The Hall–Kier alpha value is -2.31. The second-order valence-electron chi connectivity index (χ2n) is 5.18. The van der Waals surface area contributed by atoms with E-state index in [2.05, 4.69) is 6.58 Å². The first-order chi connectivity index (χ1) is 11.5. The predicted molar refractivity (Wildman–Crippen MR) is 93.8 cm³/mol. The zero-order valence-electron chi connectivity index (χ0n) is 13.8. The number of methoxy groups -OCH3 is 1. The molecule has 0 amide bonds. The van der Waals surface area contributed by atoms with Crippen LogP contribution in [-0.2, 0) is 16.6 Å². The second-order valence-corrected chi connectivity index (χ2v) is 7.23. The van der Waals surface area contributed by atoms with Gasteiger partial charge in [0.2, 0.25) is 10.0 Å². The number of benzene rings is 2. The maximum Gasteiger partial charge on any atom is 0.243 e. The van der Waals surface area contributed by atoms with Gasteiger partial charge in [0, 0.05) is 13.6 Å². The van der Waals surface area contributed by atoms with E-state index in [0.29, 0.717) is 12.4 Å². The Morgan fingerprint density at radius 3 is 2.17 bits per heavy atom. The van der Waals surface area contributed by atoms with Gasteiger partial charge in [-0.05, 0) is 42.0 Å². The maximum absolute atomic E-state index is 12.6. The maximum atomic E-state index is 12.6. The van der Waals surface area contributed by atoms with Crippen molar-refractivity contribution in [3.05, 3.63) is 66.7 Å². The van der Waals surface area contributed by atoms with Gasteiger partial charge in [-0.25, -0.2) is 8.42 Å². The molecule has 0 atom stereocenters. The summed E-state index contributed by atoms with van der Waals surface area (Å²) in [7, 11) is -0.456. The van der Waals surface area contributed by atoms with Gasteiger partial charge >= 0.3 is 0 Å². The lowest BCUT2D eigenvalue weighted by Gasteiger charge is -2.17. The number of rotatable bonds is 8. The lowest BCUT2D eigenvalue weighted by Crippen LogP contribution is -2.26. The molecule has 24 heavy (non-hydrogen) atoms. The van der Waals surface area contributed by atoms with E-state index >= 15 is 0 Å². The number of ether oxygens (including phenoxy) is 2. The van der Waals surface area contributed by atoms with Crippen molar-refractivity contribution in [2.45, 2.75) is 11.4 Å². The first-order valence-electron chi connectivity index (χ1n) is 7.40. The fraction of sp³-hybridized carbons (Fsp3) is 0.222. The molecule has 6 heteroatoms. The summed E-state index contributed by atoms with van der Waals surface area (Å²) >= 11 is 0. The zero-order chi connectivity index (χ0) is 17.6. The summed E-state index contributed by atoms with van der Waals surface area (Å²) in [4.78, 5) is 0.233. The van der Waals surface area contributed by atoms with Crippen molar-refractivity contribution >= 4 is 10.0 Å². The van der Waals surface area contributed by atoms with E-state index in [4.69, 9.17) is 9.47 Å². The zero-order valence-corrected chi connectivity index (χ0v) is 14.6. The quantitative estimate of drug-likeness (QED) is 0.689. The van der Waals surface area contributed by atoms with Crippen LogP contribution < -0.4 is 9.47 Å².